The Morgan fingerprint density at radius 3 is 2.19 bits per heavy atom. The predicted octanol–water partition coefficient (Wildman–Crippen LogP) is 5.69. The van der Waals surface area contributed by atoms with Gasteiger partial charge in [0, 0.05) is 17.2 Å². The third-order valence-corrected chi connectivity index (χ3v) is 5.03. The van der Waals surface area contributed by atoms with Gasteiger partial charge < -0.3 is 4.74 Å². The van der Waals surface area contributed by atoms with Crippen LogP contribution in [0.15, 0.2) is 48.5 Å². The minimum absolute atomic E-state index is 0.0286. The van der Waals surface area contributed by atoms with Crippen LogP contribution < -0.4 is 0 Å². The van der Waals surface area contributed by atoms with Crippen molar-refractivity contribution < 1.29 is 9.53 Å². The lowest BCUT2D eigenvalue weighted by molar-refractivity contribution is -0.148. The fourth-order valence-corrected chi connectivity index (χ4v) is 3.51. The summed E-state index contributed by atoms with van der Waals surface area (Å²) < 4.78 is 5.63. The lowest BCUT2D eigenvalue weighted by Gasteiger charge is -2.15. The summed E-state index contributed by atoms with van der Waals surface area (Å²) in [6.45, 7) is 4.63. The molecule has 0 aliphatic heterocycles. The van der Waals surface area contributed by atoms with E-state index in [-0.39, 0.29) is 11.9 Å². The normalized spacial score (nSPS) is 12.4. The third-order valence-electron chi connectivity index (χ3n) is 5.03. The van der Waals surface area contributed by atoms with Gasteiger partial charge in [-0.25, -0.2) is 4.98 Å². The zero-order valence-corrected chi connectivity index (χ0v) is 15.7. The Morgan fingerprint density at radius 1 is 1.00 bits per heavy atom. The van der Waals surface area contributed by atoms with Gasteiger partial charge in [0.05, 0.1) is 23.6 Å². The monoisotopic (exact) mass is 349 g/mol. The zero-order chi connectivity index (χ0) is 18.4. The quantitative estimate of drug-likeness (QED) is 0.387. The summed E-state index contributed by atoms with van der Waals surface area (Å²) in [5.41, 5.74) is 3.18. The van der Waals surface area contributed by atoms with Crippen LogP contribution in [-0.4, -0.2) is 17.6 Å². The number of fused-ring (bicyclic) bond motifs is 2. The van der Waals surface area contributed by atoms with Crippen molar-refractivity contribution in [3.05, 3.63) is 54.1 Å². The van der Waals surface area contributed by atoms with Crippen LogP contribution in [0.4, 0.5) is 0 Å². The number of benzene rings is 2. The van der Waals surface area contributed by atoms with E-state index < -0.39 is 0 Å². The number of rotatable bonds is 8. The Kier molecular flexibility index (Phi) is 6.21. The van der Waals surface area contributed by atoms with E-state index in [1.807, 2.05) is 36.4 Å². The van der Waals surface area contributed by atoms with Crippen LogP contribution in [0.2, 0.25) is 0 Å². The molecule has 0 amide bonds. The van der Waals surface area contributed by atoms with Gasteiger partial charge in [0.25, 0.3) is 0 Å². The number of ether oxygens (including phenoxy) is 1. The maximum atomic E-state index is 12.4. The highest BCUT2D eigenvalue weighted by Gasteiger charge is 2.17. The van der Waals surface area contributed by atoms with Crippen LogP contribution in [0.3, 0.4) is 0 Å². The number of para-hydroxylation sites is 2. The highest BCUT2D eigenvalue weighted by molar-refractivity contribution is 5.97. The second-order valence-corrected chi connectivity index (χ2v) is 6.79. The van der Waals surface area contributed by atoms with Crippen molar-refractivity contribution >= 4 is 27.8 Å². The van der Waals surface area contributed by atoms with Crippen molar-refractivity contribution in [3.8, 4) is 0 Å². The topological polar surface area (TPSA) is 39.2 Å². The number of nitrogens with zero attached hydrogens (tertiary/aromatic N) is 1. The molecule has 0 spiro atoms. The molecule has 1 heterocycles. The average Bonchev–Trinajstić information content (AvgIpc) is 2.68. The van der Waals surface area contributed by atoms with Gasteiger partial charge >= 0.3 is 5.97 Å². The Labute approximate surface area is 155 Å². The summed E-state index contributed by atoms with van der Waals surface area (Å²) in [7, 11) is 0. The highest BCUT2D eigenvalue weighted by atomic mass is 16.5. The lowest BCUT2D eigenvalue weighted by atomic mass is 9.99. The van der Waals surface area contributed by atoms with Gasteiger partial charge in [-0.3, -0.25) is 4.79 Å². The Morgan fingerprint density at radius 2 is 1.62 bits per heavy atom. The van der Waals surface area contributed by atoms with Gasteiger partial charge in [-0.1, -0.05) is 63.1 Å². The average molecular weight is 349 g/mol. The van der Waals surface area contributed by atoms with E-state index in [1.54, 1.807) is 0 Å². The summed E-state index contributed by atoms with van der Waals surface area (Å²) in [4.78, 5) is 17.1. The van der Waals surface area contributed by atoms with E-state index in [0.29, 0.717) is 13.0 Å². The predicted molar refractivity (Wildman–Crippen MR) is 107 cm³/mol. The number of hydrogen-bond acceptors (Lipinski definition) is 3. The molecule has 3 aromatic rings. The smallest absolute Gasteiger partial charge is 0.308 e. The van der Waals surface area contributed by atoms with Crippen molar-refractivity contribution in [2.24, 2.45) is 5.92 Å². The molecule has 1 atom stereocenters. The standard InChI is InChI=1S/C23H27NO2/c1-3-5-10-17(4-2)23(25)26-16-15-18-19-11-6-8-13-21(19)24-22-14-9-7-12-20(18)22/h6-9,11-14,17H,3-5,10,15-16H2,1-2H3. The molecule has 3 heteroatoms. The van der Waals surface area contributed by atoms with E-state index in [1.165, 1.54) is 5.56 Å². The van der Waals surface area contributed by atoms with Crippen LogP contribution in [0, 0.1) is 5.92 Å². The van der Waals surface area contributed by atoms with Gasteiger partial charge in [-0.15, -0.1) is 0 Å². The molecule has 0 bridgehead atoms. The summed E-state index contributed by atoms with van der Waals surface area (Å²) in [6, 6.07) is 16.4. The van der Waals surface area contributed by atoms with Gasteiger partial charge in [0.2, 0.25) is 0 Å². The fourth-order valence-electron chi connectivity index (χ4n) is 3.51. The molecule has 0 saturated carbocycles. The van der Waals surface area contributed by atoms with Crippen LogP contribution in [0.1, 0.15) is 45.1 Å². The zero-order valence-electron chi connectivity index (χ0n) is 15.7. The molecule has 0 saturated heterocycles. The van der Waals surface area contributed by atoms with Gasteiger partial charge in [-0.05, 0) is 30.5 Å². The van der Waals surface area contributed by atoms with Crippen LogP contribution in [0.25, 0.3) is 21.8 Å². The van der Waals surface area contributed by atoms with Crippen molar-refractivity contribution in [3.63, 3.8) is 0 Å². The number of carbonyl (C=O) groups is 1. The number of esters is 1. The van der Waals surface area contributed by atoms with Gasteiger partial charge in [0.15, 0.2) is 0 Å². The molecule has 1 unspecified atom stereocenters. The van der Waals surface area contributed by atoms with E-state index in [9.17, 15) is 4.79 Å². The number of unbranched alkanes of at least 4 members (excludes halogenated alkanes) is 1. The SMILES string of the molecule is CCCCC(CC)C(=O)OCCc1c2ccccc2nc2ccccc12. The highest BCUT2D eigenvalue weighted by Crippen LogP contribution is 2.26. The van der Waals surface area contributed by atoms with Crippen molar-refractivity contribution in [2.45, 2.75) is 46.0 Å². The maximum Gasteiger partial charge on any atom is 0.308 e. The van der Waals surface area contributed by atoms with Crippen molar-refractivity contribution in [1.82, 2.24) is 4.98 Å². The van der Waals surface area contributed by atoms with Crippen LogP contribution >= 0.6 is 0 Å². The molecule has 3 nitrogen and oxygen atoms in total. The third kappa shape index (κ3) is 4.04. The number of aromatic nitrogens is 1. The molecule has 136 valence electrons. The van der Waals surface area contributed by atoms with E-state index in [4.69, 9.17) is 9.72 Å². The fraction of sp³-hybridized carbons (Fsp3) is 0.391. The number of carbonyl (C=O) groups excluding carboxylic acids is 1. The minimum atomic E-state index is -0.0522. The second kappa shape index (κ2) is 8.79. The molecule has 0 aliphatic carbocycles. The number of pyridine rings is 1. The van der Waals surface area contributed by atoms with Gasteiger partial charge in [0.1, 0.15) is 0 Å². The molecule has 0 N–H and O–H groups in total. The molecule has 0 fully saturated rings. The van der Waals surface area contributed by atoms with Crippen LogP contribution in [0.5, 0.6) is 0 Å². The largest absolute Gasteiger partial charge is 0.465 e. The van der Waals surface area contributed by atoms with Crippen molar-refractivity contribution in [2.75, 3.05) is 6.61 Å². The first-order valence-corrected chi connectivity index (χ1v) is 9.67. The molecule has 1 aromatic heterocycles. The first kappa shape index (κ1) is 18.4. The maximum absolute atomic E-state index is 12.4. The molecule has 0 aliphatic rings. The molecule has 26 heavy (non-hydrogen) atoms. The Hall–Kier alpha value is -2.42. The lowest BCUT2D eigenvalue weighted by Crippen LogP contribution is -2.18. The van der Waals surface area contributed by atoms with E-state index in [0.717, 1.165) is 47.5 Å². The second-order valence-electron chi connectivity index (χ2n) is 6.79. The molecule has 2 aromatic carbocycles. The summed E-state index contributed by atoms with van der Waals surface area (Å²) in [5.74, 6) is -0.0236. The van der Waals surface area contributed by atoms with Gasteiger partial charge in [-0.2, -0.15) is 0 Å². The molecule has 0 radical (unpaired) electrons. The van der Waals surface area contributed by atoms with Crippen LogP contribution in [-0.2, 0) is 16.0 Å². The summed E-state index contributed by atoms with van der Waals surface area (Å²) >= 11 is 0. The molecule has 3 rings (SSSR count). The number of hydrogen-bond donors (Lipinski definition) is 0. The Balaban J connectivity index is 1.78. The first-order chi connectivity index (χ1) is 12.7. The minimum Gasteiger partial charge on any atom is -0.465 e. The Bertz CT molecular complexity index is 834. The van der Waals surface area contributed by atoms with E-state index in [2.05, 4.69) is 26.0 Å². The molecular weight excluding hydrogens is 322 g/mol. The van der Waals surface area contributed by atoms with E-state index >= 15 is 0 Å². The first-order valence-electron chi connectivity index (χ1n) is 9.67. The molecular formula is C23H27NO2. The van der Waals surface area contributed by atoms with Crippen molar-refractivity contribution in [1.29, 1.82) is 0 Å². The summed E-state index contributed by atoms with van der Waals surface area (Å²) in [6.07, 6.45) is 4.67. The summed E-state index contributed by atoms with van der Waals surface area (Å²) in [5, 5.41) is 2.28.